The highest BCUT2D eigenvalue weighted by atomic mass is 16.6. The maximum absolute atomic E-state index is 12.5. The highest BCUT2D eigenvalue weighted by molar-refractivity contribution is 6.03. The van der Waals surface area contributed by atoms with Crippen LogP contribution in [-0.4, -0.2) is 40.3 Å². The number of hydrogen-bond acceptors (Lipinski definition) is 5. The average molecular weight is 345 g/mol. The topological polar surface area (TPSA) is 101 Å². The van der Waals surface area contributed by atoms with Crippen LogP contribution in [0.1, 0.15) is 27.2 Å². The summed E-state index contributed by atoms with van der Waals surface area (Å²) in [7, 11) is 0. The number of pyridine rings is 1. The second kappa shape index (κ2) is 7.94. The van der Waals surface area contributed by atoms with E-state index in [9.17, 15) is 14.7 Å². The summed E-state index contributed by atoms with van der Waals surface area (Å²) in [5.74, 6) is -0.434. The average Bonchev–Trinajstić information content (AvgIpc) is 2.53. The smallest absolute Gasteiger partial charge is 0.408 e. The van der Waals surface area contributed by atoms with E-state index in [2.05, 4.69) is 15.6 Å². The number of carbonyl (C=O) groups is 2. The summed E-state index contributed by atoms with van der Waals surface area (Å²) in [5, 5.41) is 15.2. The van der Waals surface area contributed by atoms with Crippen molar-refractivity contribution in [3.63, 3.8) is 0 Å². The first-order valence-electron chi connectivity index (χ1n) is 8.05. The fourth-order valence-corrected chi connectivity index (χ4v) is 2.28. The lowest BCUT2D eigenvalue weighted by atomic mass is 10.1. The van der Waals surface area contributed by atoms with Gasteiger partial charge in [-0.2, -0.15) is 0 Å². The van der Waals surface area contributed by atoms with Crippen LogP contribution < -0.4 is 10.6 Å². The van der Waals surface area contributed by atoms with E-state index < -0.39 is 23.6 Å². The molecule has 0 aliphatic rings. The standard InChI is InChI=1S/C18H23N3O4/c1-18(2,3)25-17(24)21-15(9-11-22)16(23)20-14-8-4-7-13-12(14)6-5-10-19-13/h4-8,10,15,22H,9,11H2,1-3H3,(H,20,23)(H,21,24)/t15-/m0/s1. The summed E-state index contributed by atoms with van der Waals surface area (Å²) in [6.45, 7) is 4.95. The maximum atomic E-state index is 12.5. The molecule has 0 unspecified atom stereocenters. The van der Waals surface area contributed by atoms with Crippen molar-refractivity contribution in [3.05, 3.63) is 36.5 Å². The first kappa shape index (κ1) is 18.7. The van der Waals surface area contributed by atoms with Crippen molar-refractivity contribution in [1.29, 1.82) is 0 Å². The second-order valence-electron chi connectivity index (χ2n) is 6.58. The van der Waals surface area contributed by atoms with Gasteiger partial charge in [-0.3, -0.25) is 9.78 Å². The number of nitrogens with one attached hydrogen (secondary N) is 2. The number of anilines is 1. The summed E-state index contributed by atoms with van der Waals surface area (Å²) < 4.78 is 5.16. The normalized spacial score (nSPS) is 12.5. The van der Waals surface area contributed by atoms with E-state index in [1.165, 1.54) is 0 Å². The van der Waals surface area contributed by atoms with Crippen LogP contribution in [0.3, 0.4) is 0 Å². The van der Waals surface area contributed by atoms with E-state index in [0.29, 0.717) is 5.69 Å². The molecular formula is C18H23N3O4. The van der Waals surface area contributed by atoms with Crippen LogP contribution in [0.25, 0.3) is 10.9 Å². The zero-order valence-corrected chi connectivity index (χ0v) is 14.6. The number of rotatable bonds is 5. The number of ether oxygens (including phenoxy) is 1. The fourth-order valence-electron chi connectivity index (χ4n) is 2.28. The molecule has 1 heterocycles. The molecule has 1 aromatic carbocycles. The largest absolute Gasteiger partial charge is 0.444 e. The summed E-state index contributed by atoms with van der Waals surface area (Å²) >= 11 is 0. The minimum atomic E-state index is -0.910. The maximum Gasteiger partial charge on any atom is 0.408 e. The molecule has 0 saturated heterocycles. The van der Waals surface area contributed by atoms with Crippen molar-refractivity contribution < 1.29 is 19.4 Å². The lowest BCUT2D eigenvalue weighted by Gasteiger charge is -2.23. The fraction of sp³-hybridized carbons (Fsp3) is 0.389. The lowest BCUT2D eigenvalue weighted by molar-refractivity contribution is -0.118. The molecule has 0 bridgehead atoms. The molecule has 0 saturated carbocycles. The monoisotopic (exact) mass is 345 g/mol. The van der Waals surface area contributed by atoms with Gasteiger partial charge in [-0.25, -0.2) is 4.79 Å². The number of amides is 2. The molecule has 0 radical (unpaired) electrons. The highest BCUT2D eigenvalue weighted by Gasteiger charge is 2.24. The van der Waals surface area contributed by atoms with Crippen LogP contribution >= 0.6 is 0 Å². The van der Waals surface area contributed by atoms with Crippen molar-refractivity contribution in [1.82, 2.24) is 10.3 Å². The molecule has 0 fully saturated rings. The van der Waals surface area contributed by atoms with E-state index >= 15 is 0 Å². The molecule has 0 aliphatic heterocycles. The van der Waals surface area contributed by atoms with Crippen molar-refractivity contribution in [3.8, 4) is 0 Å². The molecule has 7 heteroatoms. The third kappa shape index (κ3) is 5.42. The molecular weight excluding hydrogens is 322 g/mol. The van der Waals surface area contributed by atoms with Gasteiger partial charge in [0.05, 0.1) is 11.2 Å². The molecule has 0 aliphatic carbocycles. The van der Waals surface area contributed by atoms with Crippen LogP contribution in [-0.2, 0) is 9.53 Å². The van der Waals surface area contributed by atoms with E-state index in [4.69, 9.17) is 4.74 Å². The van der Waals surface area contributed by atoms with Gasteiger partial charge in [0.15, 0.2) is 0 Å². The van der Waals surface area contributed by atoms with Gasteiger partial charge in [0, 0.05) is 18.2 Å². The van der Waals surface area contributed by atoms with Crippen LogP contribution in [0.4, 0.5) is 10.5 Å². The van der Waals surface area contributed by atoms with Gasteiger partial charge in [0.2, 0.25) is 5.91 Å². The van der Waals surface area contributed by atoms with Gasteiger partial charge in [-0.1, -0.05) is 6.07 Å². The van der Waals surface area contributed by atoms with Gasteiger partial charge in [-0.15, -0.1) is 0 Å². The minimum Gasteiger partial charge on any atom is -0.444 e. The number of hydrogen-bond donors (Lipinski definition) is 3. The van der Waals surface area contributed by atoms with Gasteiger partial charge in [-0.05, 0) is 51.5 Å². The van der Waals surface area contributed by atoms with Gasteiger partial charge in [0.25, 0.3) is 0 Å². The molecule has 1 atom stereocenters. The minimum absolute atomic E-state index is 0.0775. The zero-order valence-electron chi connectivity index (χ0n) is 14.6. The Morgan fingerprint density at radius 3 is 2.68 bits per heavy atom. The highest BCUT2D eigenvalue weighted by Crippen LogP contribution is 2.21. The first-order valence-corrected chi connectivity index (χ1v) is 8.05. The second-order valence-corrected chi connectivity index (χ2v) is 6.58. The van der Waals surface area contributed by atoms with Crippen molar-refractivity contribution in [2.24, 2.45) is 0 Å². The number of carbonyl (C=O) groups excluding carboxylic acids is 2. The lowest BCUT2D eigenvalue weighted by Crippen LogP contribution is -2.46. The zero-order chi connectivity index (χ0) is 18.4. The van der Waals surface area contributed by atoms with Crippen molar-refractivity contribution >= 4 is 28.6 Å². The van der Waals surface area contributed by atoms with Gasteiger partial charge < -0.3 is 20.5 Å². The van der Waals surface area contributed by atoms with Crippen molar-refractivity contribution in [2.75, 3.05) is 11.9 Å². The molecule has 0 spiro atoms. The SMILES string of the molecule is CC(C)(C)OC(=O)N[C@@H](CCO)C(=O)Nc1cccc2ncccc12. The van der Waals surface area contributed by atoms with E-state index in [1.54, 1.807) is 45.2 Å². The summed E-state index contributed by atoms with van der Waals surface area (Å²) in [6.07, 6.45) is 1.04. The Balaban J connectivity index is 2.13. The molecule has 1 aromatic heterocycles. The first-order chi connectivity index (χ1) is 11.8. The summed E-state index contributed by atoms with van der Waals surface area (Å²) in [6, 6.07) is 8.10. The van der Waals surface area contributed by atoms with Crippen LogP contribution in [0.5, 0.6) is 0 Å². The third-order valence-electron chi connectivity index (χ3n) is 3.33. The number of fused-ring (bicyclic) bond motifs is 1. The number of alkyl carbamates (subject to hydrolysis) is 1. The van der Waals surface area contributed by atoms with Gasteiger partial charge >= 0.3 is 6.09 Å². The Morgan fingerprint density at radius 1 is 1.24 bits per heavy atom. The molecule has 2 amide bonds. The predicted octanol–water partition coefficient (Wildman–Crippen LogP) is 2.45. The summed E-state index contributed by atoms with van der Waals surface area (Å²) in [4.78, 5) is 28.7. The molecule has 25 heavy (non-hydrogen) atoms. The number of aliphatic hydroxyl groups is 1. The molecule has 3 N–H and O–H groups in total. The quantitative estimate of drug-likeness (QED) is 0.773. The predicted molar refractivity (Wildman–Crippen MR) is 95.2 cm³/mol. The Morgan fingerprint density at radius 2 is 2.00 bits per heavy atom. The molecule has 2 rings (SSSR count). The summed E-state index contributed by atoms with van der Waals surface area (Å²) in [5.41, 5.74) is 0.662. The third-order valence-corrected chi connectivity index (χ3v) is 3.33. The van der Waals surface area contributed by atoms with Crippen LogP contribution in [0, 0.1) is 0 Å². The molecule has 7 nitrogen and oxygen atoms in total. The molecule has 2 aromatic rings. The van der Waals surface area contributed by atoms with E-state index in [0.717, 1.165) is 10.9 Å². The Labute approximate surface area is 146 Å². The Bertz CT molecular complexity index is 750. The Kier molecular flexibility index (Phi) is 5.93. The van der Waals surface area contributed by atoms with Crippen molar-refractivity contribution in [2.45, 2.75) is 38.8 Å². The number of aliphatic hydroxyl groups excluding tert-OH is 1. The molecule has 134 valence electrons. The van der Waals surface area contributed by atoms with E-state index in [1.807, 2.05) is 12.1 Å². The number of benzene rings is 1. The Hall–Kier alpha value is -2.67. The number of nitrogens with zero attached hydrogens (tertiary/aromatic N) is 1. The van der Waals surface area contributed by atoms with Crippen LogP contribution in [0.2, 0.25) is 0 Å². The van der Waals surface area contributed by atoms with Gasteiger partial charge in [0.1, 0.15) is 11.6 Å². The number of aromatic nitrogens is 1. The van der Waals surface area contributed by atoms with E-state index in [-0.39, 0.29) is 13.0 Å². The van der Waals surface area contributed by atoms with Crippen LogP contribution in [0.15, 0.2) is 36.5 Å².